The molecule has 2 aromatic heterocycles. The predicted molar refractivity (Wildman–Crippen MR) is 342 cm³/mol. The highest BCUT2D eigenvalue weighted by Crippen LogP contribution is 2.44. The molecule has 0 fully saturated rings. The minimum atomic E-state index is 1.07. The van der Waals surface area contributed by atoms with Crippen LogP contribution < -0.4 is 4.90 Å². The van der Waals surface area contributed by atoms with Gasteiger partial charge in [-0.1, -0.05) is 237 Å². The van der Waals surface area contributed by atoms with E-state index in [9.17, 15) is 0 Å². The van der Waals surface area contributed by atoms with Crippen LogP contribution in [0.3, 0.4) is 0 Å². The maximum atomic E-state index is 2.41. The SMILES string of the molecule is c1ccc(-c2ccc(N(c3ccc(-c4ccc(-c5ccc(-n6c7ccccc7c7ccccc76)cc5)cc4)cc3)c3ccc(-c4ccc(-c5ccc(-n6c7ccccc7c7ccccc76)cc5)cc4)cc3)c(-c3ccccc3)c2)cc1. The summed E-state index contributed by atoms with van der Waals surface area (Å²) in [5.41, 5.74) is 24.5. The molecule has 0 saturated heterocycles. The lowest BCUT2D eigenvalue weighted by Crippen LogP contribution is -2.11. The van der Waals surface area contributed by atoms with E-state index in [0.717, 1.165) is 50.7 Å². The first kappa shape index (κ1) is 47.5. The third-order valence-electron chi connectivity index (χ3n) is 16.2. The van der Waals surface area contributed by atoms with Crippen molar-refractivity contribution in [1.82, 2.24) is 9.13 Å². The summed E-state index contributed by atoms with van der Waals surface area (Å²) in [5, 5.41) is 5.08. The van der Waals surface area contributed by atoms with Crippen molar-refractivity contribution in [3.8, 4) is 78.1 Å². The Morgan fingerprint density at radius 3 is 0.802 bits per heavy atom. The molecule has 15 rings (SSSR count). The van der Waals surface area contributed by atoms with Gasteiger partial charge in [0, 0.05) is 49.9 Å². The summed E-state index contributed by atoms with van der Waals surface area (Å²) in [6.45, 7) is 0. The monoisotopic (exact) mass is 1030 g/mol. The molecule has 0 atom stereocenters. The smallest absolute Gasteiger partial charge is 0.0541 e. The summed E-state index contributed by atoms with van der Waals surface area (Å²) in [4.78, 5) is 2.41. The van der Waals surface area contributed by atoms with E-state index in [0.29, 0.717) is 0 Å². The Hall–Kier alpha value is -10.7. The van der Waals surface area contributed by atoms with Crippen LogP contribution in [0.2, 0.25) is 0 Å². The maximum absolute atomic E-state index is 2.41. The molecule has 0 amide bonds. The van der Waals surface area contributed by atoms with E-state index < -0.39 is 0 Å². The molecule has 3 nitrogen and oxygen atoms in total. The lowest BCUT2D eigenvalue weighted by atomic mass is 9.95. The Balaban J connectivity index is 0.731. The number of hydrogen-bond acceptors (Lipinski definition) is 1. The molecule has 3 heteroatoms. The second-order valence-corrected chi connectivity index (χ2v) is 20.9. The number of nitrogens with zero attached hydrogens (tertiary/aromatic N) is 3. The predicted octanol–water partition coefficient (Wildman–Crippen LogP) is 21.4. The van der Waals surface area contributed by atoms with E-state index in [4.69, 9.17) is 0 Å². The molecule has 0 aliphatic heterocycles. The second kappa shape index (κ2) is 20.2. The normalized spacial score (nSPS) is 11.5. The second-order valence-electron chi connectivity index (χ2n) is 20.9. The molecule has 0 spiro atoms. The molecular formula is C78H53N3. The van der Waals surface area contributed by atoms with Crippen molar-refractivity contribution in [2.24, 2.45) is 0 Å². The van der Waals surface area contributed by atoms with E-state index in [-0.39, 0.29) is 0 Å². The summed E-state index contributed by atoms with van der Waals surface area (Å²) in [6, 6.07) is 117. The van der Waals surface area contributed by atoms with Crippen LogP contribution in [-0.4, -0.2) is 9.13 Å². The number of aromatic nitrogens is 2. The van der Waals surface area contributed by atoms with Gasteiger partial charge in [0.15, 0.2) is 0 Å². The van der Waals surface area contributed by atoms with Crippen molar-refractivity contribution in [3.05, 3.63) is 322 Å². The molecule has 380 valence electrons. The molecule has 81 heavy (non-hydrogen) atoms. The van der Waals surface area contributed by atoms with Gasteiger partial charge in [-0.05, 0) is 146 Å². The summed E-state index contributed by atoms with van der Waals surface area (Å²) >= 11 is 0. The van der Waals surface area contributed by atoms with Crippen LogP contribution in [0.5, 0.6) is 0 Å². The van der Waals surface area contributed by atoms with Crippen molar-refractivity contribution < 1.29 is 0 Å². The molecule has 0 aliphatic rings. The Kier molecular flexibility index (Phi) is 11.9. The first-order chi connectivity index (χ1) is 40.2. The van der Waals surface area contributed by atoms with Gasteiger partial charge in [-0.25, -0.2) is 0 Å². The van der Waals surface area contributed by atoms with Crippen LogP contribution in [0.1, 0.15) is 0 Å². The van der Waals surface area contributed by atoms with Gasteiger partial charge in [0.05, 0.1) is 27.8 Å². The fourth-order valence-electron chi connectivity index (χ4n) is 12.1. The zero-order chi connectivity index (χ0) is 53.6. The van der Waals surface area contributed by atoms with E-state index in [1.807, 2.05) is 0 Å². The summed E-state index contributed by atoms with van der Waals surface area (Å²) in [7, 11) is 0. The quantitative estimate of drug-likeness (QED) is 0.126. The van der Waals surface area contributed by atoms with Crippen LogP contribution in [0.15, 0.2) is 322 Å². The molecule has 15 aromatic rings. The Bertz CT molecular complexity index is 4380. The Morgan fingerprint density at radius 2 is 0.457 bits per heavy atom. The van der Waals surface area contributed by atoms with Gasteiger partial charge in [-0.3, -0.25) is 0 Å². The van der Waals surface area contributed by atoms with Crippen LogP contribution in [0.4, 0.5) is 17.1 Å². The molecule has 0 unspecified atom stereocenters. The van der Waals surface area contributed by atoms with E-state index in [1.165, 1.54) is 88.1 Å². The maximum Gasteiger partial charge on any atom is 0.0541 e. The average molecular weight is 1030 g/mol. The van der Waals surface area contributed by atoms with E-state index in [2.05, 4.69) is 336 Å². The van der Waals surface area contributed by atoms with Gasteiger partial charge in [0.25, 0.3) is 0 Å². The standard InChI is InChI=1S/C78H53N3/c1-3-15-54(16-4-1)64-43-52-78(73(53-64)63-17-5-2-6-18-63)79(65-44-35-59(36-45-65)55-27-31-57(32-28-55)61-39-48-67(49-40-61)80-74-23-11-7-19-69(74)70-20-8-12-24-75(70)80)66-46-37-60(38-47-66)56-29-33-58(34-30-56)62-41-50-68(51-42-62)81-76-25-13-9-21-71(76)72-22-10-14-26-77(72)81/h1-53H. The zero-order valence-corrected chi connectivity index (χ0v) is 44.4. The molecule has 0 aliphatic carbocycles. The van der Waals surface area contributed by atoms with Crippen LogP contribution >= 0.6 is 0 Å². The topological polar surface area (TPSA) is 13.1 Å². The average Bonchev–Trinajstić information content (AvgIpc) is 4.31. The van der Waals surface area contributed by atoms with E-state index in [1.54, 1.807) is 0 Å². The highest BCUT2D eigenvalue weighted by atomic mass is 15.1. The fraction of sp³-hybridized carbons (Fsp3) is 0. The molecular weight excluding hydrogens is 979 g/mol. The minimum Gasteiger partial charge on any atom is -0.310 e. The lowest BCUT2D eigenvalue weighted by molar-refractivity contribution is 1.18. The van der Waals surface area contributed by atoms with E-state index >= 15 is 0 Å². The van der Waals surface area contributed by atoms with Gasteiger partial charge in [0.2, 0.25) is 0 Å². The first-order valence-electron chi connectivity index (χ1n) is 27.8. The van der Waals surface area contributed by atoms with Crippen LogP contribution in [-0.2, 0) is 0 Å². The lowest BCUT2D eigenvalue weighted by Gasteiger charge is -2.29. The number of fused-ring (bicyclic) bond motifs is 6. The molecule has 0 bridgehead atoms. The van der Waals surface area contributed by atoms with Gasteiger partial charge in [-0.2, -0.15) is 0 Å². The van der Waals surface area contributed by atoms with Crippen molar-refractivity contribution in [3.63, 3.8) is 0 Å². The molecule has 0 radical (unpaired) electrons. The number of benzene rings is 13. The Morgan fingerprint density at radius 1 is 0.198 bits per heavy atom. The first-order valence-corrected chi connectivity index (χ1v) is 27.8. The van der Waals surface area contributed by atoms with Gasteiger partial charge >= 0.3 is 0 Å². The zero-order valence-electron chi connectivity index (χ0n) is 44.4. The number of para-hydroxylation sites is 4. The largest absolute Gasteiger partial charge is 0.310 e. The Labute approximate surface area is 471 Å². The van der Waals surface area contributed by atoms with Crippen molar-refractivity contribution in [2.45, 2.75) is 0 Å². The van der Waals surface area contributed by atoms with Crippen LogP contribution in [0, 0.1) is 0 Å². The fourth-order valence-corrected chi connectivity index (χ4v) is 12.1. The highest BCUT2D eigenvalue weighted by molar-refractivity contribution is 6.10. The molecule has 2 heterocycles. The van der Waals surface area contributed by atoms with Gasteiger partial charge < -0.3 is 14.0 Å². The summed E-state index contributed by atoms with van der Waals surface area (Å²) in [6.07, 6.45) is 0. The highest BCUT2D eigenvalue weighted by Gasteiger charge is 2.20. The van der Waals surface area contributed by atoms with Crippen molar-refractivity contribution >= 4 is 60.7 Å². The number of anilines is 3. The molecule has 0 saturated carbocycles. The third kappa shape index (κ3) is 8.66. The minimum absolute atomic E-state index is 1.07. The summed E-state index contributed by atoms with van der Waals surface area (Å²) < 4.78 is 4.74. The number of rotatable bonds is 11. The van der Waals surface area contributed by atoms with Gasteiger partial charge in [-0.15, -0.1) is 0 Å². The van der Waals surface area contributed by atoms with Gasteiger partial charge in [0.1, 0.15) is 0 Å². The van der Waals surface area contributed by atoms with Crippen molar-refractivity contribution in [1.29, 1.82) is 0 Å². The van der Waals surface area contributed by atoms with Crippen molar-refractivity contribution in [2.75, 3.05) is 4.90 Å². The molecule has 13 aromatic carbocycles. The van der Waals surface area contributed by atoms with Crippen LogP contribution in [0.25, 0.3) is 122 Å². The summed E-state index contributed by atoms with van der Waals surface area (Å²) in [5.74, 6) is 0. The molecule has 0 N–H and O–H groups in total. The number of hydrogen-bond donors (Lipinski definition) is 0. The third-order valence-corrected chi connectivity index (χ3v) is 16.2.